The molecule has 0 aromatic heterocycles. The van der Waals surface area contributed by atoms with Crippen LogP contribution in [0.25, 0.3) is 0 Å². The molecule has 1 nitrogen and oxygen atoms in total. The van der Waals surface area contributed by atoms with Crippen molar-refractivity contribution in [2.75, 3.05) is 6.54 Å². The summed E-state index contributed by atoms with van der Waals surface area (Å²) in [6.07, 6.45) is 3.55. The molecule has 0 spiro atoms. The number of benzene rings is 1. The molecule has 0 radical (unpaired) electrons. The Morgan fingerprint density at radius 2 is 2.21 bits per heavy atom. The summed E-state index contributed by atoms with van der Waals surface area (Å²) in [5.74, 6) is -0.171. The molecular weight excluding hydrogens is 245 g/mol. The summed E-state index contributed by atoms with van der Waals surface area (Å²) in [6, 6.07) is 5.55. The van der Waals surface area contributed by atoms with Gasteiger partial charge in [-0.3, -0.25) is 0 Å². The van der Waals surface area contributed by atoms with Crippen LogP contribution < -0.4 is 5.32 Å². The molecule has 1 aliphatic heterocycles. The van der Waals surface area contributed by atoms with Crippen molar-refractivity contribution >= 4 is 15.9 Å². The summed E-state index contributed by atoms with van der Waals surface area (Å²) in [5.41, 5.74) is 1.05. The van der Waals surface area contributed by atoms with E-state index in [1.807, 2.05) is 6.07 Å². The molecule has 2 rings (SSSR count). The fourth-order valence-electron chi connectivity index (χ4n) is 1.91. The molecule has 1 aromatic rings. The van der Waals surface area contributed by atoms with E-state index in [4.69, 9.17) is 0 Å². The first-order chi connectivity index (χ1) is 6.79. The Labute approximate surface area is 91.8 Å². The van der Waals surface area contributed by atoms with E-state index in [9.17, 15) is 4.39 Å². The van der Waals surface area contributed by atoms with E-state index < -0.39 is 0 Å². The van der Waals surface area contributed by atoms with E-state index >= 15 is 0 Å². The molecule has 1 saturated heterocycles. The molecule has 0 saturated carbocycles. The molecule has 1 heterocycles. The van der Waals surface area contributed by atoms with Crippen LogP contribution in [-0.4, -0.2) is 6.54 Å². The van der Waals surface area contributed by atoms with Crippen molar-refractivity contribution in [2.45, 2.75) is 25.3 Å². The third kappa shape index (κ3) is 1.98. The summed E-state index contributed by atoms with van der Waals surface area (Å²) >= 11 is 3.30. The quantitative estimate of drug-likeness (QED) is 0.814. The first kappa shape index (κ1) is 10.1. The van der Waals surface area contributed by atoms with E-state index in [2.05, 4.69) is 21.2 Å². The van der Waals surface area contributed by atoms with Crippen molar-refractivity contribution in [3.8, 4) is 0 Å². The lowest BCUT2D eigenvalue weighted by Crippen LogP contribution is -2.27. The Kier molecular flexibility index (Phi) is 3.19. The zero-order chi connectivity index (χ0) is 9.97. The normalized spacial score (nSPS) is 22.3. The average Bonchev–Trinajstić information content (AvgIpc) is 2.23. The SMILES string of the molecule is Fc1cccc([C@H]2CCCCN2)c1Br. The lowest BCUT2D eigenvalue weighted by atomic mass is 9.97. The van der Waals surface area contributed by atoms with Crippen molar-refractivity contribution < 1.29 is 4.39 Å². The van der Waals surface area contributed by atoms with Gasteiger partial charge in [0, 0.05) is 6.04 Å². The summed E-state index contributed by atoms with van der Waals surface area (Å²) in [7, 11) is 0. The lowest BCUT2D eigenvalue weighted by molar-refractivity contribution is 0.409. The van der Waals surface area contributed by atoms with Crippen LogP contribution in [0.1, 0.15) is 30.9 Å². The summed E-state index contributed by atoms with van der Waals surface area (Å²) in [4.78, 5) is 0. The van der Waals surface area contributed by atoms with Gasteiger partial charge in [0.2, 0.25) is 0 Å². The van der Waals surface area contributed by atoms with Crippen LogP contribution >= 0.6 is 15.9 Å². The zero-order valence-electron chi connectivity index (χ0n) is 7.89. The van der Waals surface area contributed by atoms with Crippen LogP contribution in [0.15, 0.2) is 22.7 Å². The molecule has 1 aromatic carbocycles. The maximum Gasteiger partial charge on any atom is 0.137 e. The Hall–Kier alpha value is -0.410. The number of rotatable bonds is 1. The summed E-state index contributed by atoms with van der Waals surface area (Å²) in [5, 5.41) is 3.41. The van der Waals surface area contributed by atoms with Gasteiger partial charge in [-0.2, -0.15) is 0 Å². The van der Waals surface area contributed by atoms with Crippen molar-refractivity contribution in [1.82, 2.24) is 5.32 Å². The van der Waals surface area contributed by atoms with Crippen molar-refractivity contribution in [1.29, 1.82) is 0 Å². The first-order valence-electron chi connectivity index (χ1n) is 4.96. The van der Waals surface area contributed by atoms with Crippen LogP contribution in [0.2, 0.25) is 0 Å². The van der Waals surface area contributed by atoms with Crippen molar-refractivity contribution in [3.05, 3.63) is 34.1 Å². The van der Waals surface area contributed by atoms with Crippen LogP contribution in [0.5, 0.6) is 0 Å². The number of nitrogens with one attached hydrogen (secondary N) is 1. The van der Waals surface area contributed by atoms with Gasteiger partial charge in [0.05, 0.1) is 4.47 Å². The molecule has 1 N–H and O–H groups in total. The van der Waals surface area contributed by atoms with Gasteiger partial charge in [-0.25, -0.2) is 4.39 Å². The summed E-state index contributed by atoms with van der Waals surface area (Å²) in [6.45, 7) is 1.04. The molecule has 0 aliphatic carbocycles. The Balaban J connectivity index is 2.26. The predicted molar refractivity (Wildman–Crippen MR) is 58.7 cm³/mol. The standard InChI is InChI=1S/C11H13BrFN/c12-11-8(4-3-5-9(11)13)10-6-1-2-7-14-10/h3-5,10,14H,1-2,6-7H2/t10-/m1/s1. The second kappa shape index (κ2) is 4.41. The van der Waals surface area contributed by atoms with Crippen LogP contribution in [0.3, 0.4) is 0 Å². The fourth-order valence-corrected chi connectivity index (χ4v) is 2.45. The molecule has 1 fully saturated rings. The second-order valence-corrected chi connectivity index (χ2v) is 4.44. The molecule has 1 aliphatic rings. The maximum absolute atomic E-state index is 13.3. The number of halogens is 2. The highest BCUT2D eigenvalue weighted by atomic mass is 79.9. The molecule has 1 atom stereocenters. The van der Waals surface area contributed by atoms with Crippen LogP contribution in [-0.2, 0) is 0 Å². The number of hydrogen-bond donors (Lipinski definition) is 1. The lowest BCUT2D eigenvalue weighted by Gasteiger charge is -2.24. The fraction of sp³-hybridized carbons (Fsp3) is 0.455. The second-order valence-electron chi connectivity index (χ2n) is 3.65. The molecule has 76 valence electrons. The highest BCUT2D eigenvalue weighted by Gasteiger charge is 2.18. The molecule has 3 heteroatoms. The third-order valence-corrected chi connectivity index (χ3v) is 3.50. The highest BCUT2D eigenvalue weighted by Crippen LogP contribution is 2.30. The molecular formula is C11H13BrFN. The highest BCUT2D eigenvalue weighted by molar-refractivity contribution is 9.10. The maximum atomic E-state index is 13.3. The molecule has 0 bridgehead atoms. The van der Waals surface area contributed by atoms with Gasteiger partial charge in [0.15, 0.2) is 0 Å². The minimum atomic E-state index is -0.171. The van der Waals surface area contributed by atoms with Gasteiger partial charge in [-0.15, -0.1) is 0 Å². The van der Waals surface area contributed by atoms with E-state index in [0.29, 0.717) is 10.5 Å². The van der Waals surface area contributed by atoms with E-state index in [1.165, 1.54) is 18.9 Å². The van der Waals surface area contributed by atoms with Gasteiger partial charge >= 0.3 is 0 Å². The van der Waals surface area contributed by atoms with Crippen LogP contribution in [0, 0.1) is 5.82 Å². The van der Waals surface area contributed by atoms with Crippen molar-refractivity contribution in [2.24, 2.45) is 0 Å². The smallest absolute Gasteiger partial charge is 0.137 e. The number of hydrogen-bond acceptors (Lipinski definition) is 1. The molecule has 0 unspecified atom stereocenters. The Morgan fingerprint density at radius 1 is 1.36 bits per heavy atom. The van der Waals surface area contributed by atoms with Gasteiger partial charge in [-0.05, 0) is 46.9 Å². The Morgan fingerprint density at radius 3 is 2.93 bits per heavy atom. The zero-order valence-corrected chi connectivity index (χ0v) is 9.48. The minimum absolute atomic E-state index is 0.171. The molecule has 0 amide bonds. The largest absolute Gasteiger partial charge is 0.310 e. The van der Waals surface area contributed by atoms with Gasteiger partial charge in [0.1, 0.15) is 5.82 Å². The van der Waals surface area contributed by atoms with Gasteiger partial charge in [-0.1, -0.05) is 18.6 Å². The Bertz CT molecular complexity index is 321. The topological polar surface area (TPSA) is 12.0 Å². The monoisotopic (exact) mass is 257 g/mol. The predicted octanol–water partition coefficient (Wildman–Crippen LogP) is 3.40. The minimum Gasteiger partial charge on any atom is -0.310 e. The molecule has 14 heavy (non-hydrogen) atoms. The first-order valence-corrected chi connectivity index (χ1v) is 5.75. The van der Waals surface area contributed by atoms with Gasteiger partial charge in [0.25, 0.3) is 0 Å². The number of piperidine rings is 1. The van der Waals surface area contributed by atoms with E-state index in [0.717, 1.165) is 18.5 Å². The summed E-state index contributed by atoms with van der Waals surface area (Å²) < 4.78 is 13.9. The van der Waals surface area contributed by atoms with Gasteiger partial charge < -0.3 is 5.32 Å². The van der Waals surface area contributed by atoms with E-state index in [1.54, 1.807) is 6.07 Å². The van der Waals surface area contributed by atoms with Crippen molar-refractivity contribution in [3.63, 3.8) is 0 Å². The van der Waals surface area contributed by atoms with E-state index in [-0.39, 0.29) is 5.82 Å². The average molecular weight is 258 g/mol. The third-order valence-electron chi connectivity index (χ3n) is 2.67. The van der Waals surface area contributed by atoms with Crippen LogP contribution in [0.4, 0.5) is 4.39 Å².